The molecule has 0 bridgehead atoms. The third-order valence-electron chi connectivity index (χ3n) is 4.15. The fourth-order valence-electron chi connectivity index (χ4n) is 2.59. The summed E-state index contributed by atoms with van der Waals surface area (Å²) in [5, 5.41) is 5.17. The Kier molecular flexibility index (Phi) is 9.22. The van der Waals surface area contributed by atoms with Gasteiger partial charge in [0.2, 0.25) is 5.91 Å². The lowest BCUT2D eigenvalue weighted by Gasteiger charge is -2.08. The first-order valence-electron chi connectivity index (χ1n) is 10.0. The number of ketones is 1. The van der Waals surface area contributed by atoms with Gasteiger partial charge in [-0.05, 0) is 61.9 Å². The number of carbonyl (C=O) groups is 4. The van der Waals surface area contributed by atoms with Gasteiger partial charge < -0.3 is 20.1 Å². The normalized spacial score (nSPS) is 10.1. The van der Waals surface area contributed by atoms with Gasteiger partial charge in [0.15, 0.2) is 12.4 Å². The Morgan fingerprint density at radius 1 is 0.871 bits per heavy atom. The van der Waals surface area contributed by atoms with E-state index in [4.69, 9.17) is 9.47 Å². The van der Waals surface area contributed by atoms with Crippen molar-refractivity contribution < 1.29 is 28.7 Å². The predicted molar refractivity (Wildman–Crippen MR) is 115 cm³/mol. The molecule has 0 aliphatic rings. The van der Waals surface area contributed by atoms with Crippen molar-refractivity contribution in [2.75, 3.05) is 25.1 Å². The number of hydrogen-bond donors (Lipinski definition) is 2. The van der Waals surface area contributed by atoms with Crippen LogP contribution in [-0.2, 0) is 14.3 Å². The van der Waals surface area contributed by atoms with Crippen LogP contribution in [0.5, 0.6) is 5.75 Å². The number of Topliss-reactive ketones (excluding diaryl/α,β-unsaturated/α-hetero) is 1. The van der Waals surface area contributed by atoms with Gasteiger partial charge >= 0.3 is 5.97 Å². The van der Waals surface area contributed by atoms with Crippen LogP contribution in [0.25, 0.3) is 0 Å². The molecule has 0 radical (unpaired) electrons. The maximum absolute atomic E-state index is 12.2. The highest BCUT2D eigenvalue weighted by Gasteiger charge is 2.12. The summed E-state index contributed by atoms with van der Waals surface area (Å²) in [6.07, 6.45) is 1.17. The second-order valence-electron chi connectivity index (χ2n) is 6.60. The van der Waals surface area contributed by atoms with E-state index in [1.54, 1.807) is 48.5 Å². The molecule has 0 saturated heterocycles. The molecule has 0 heterocycles. The number of hydrogen-bond acceptors (Lipinski definition) is 6. The lowest BCUT2D eigenvalue weighted by molar-refractivity contribution is -0.141. The molecule has 0 aliphatic heterocycles. The van der Waals surface area contributed by atoms with E-state index in [-0.39, 0.29) is 12.5 Å². The first-order chi connectivity index (χ1) is 14.9. The van der Waals surface area contributed by atoms with Gasteiger partial charge in [-0.1, -0.05) is 6.92 Å². The van der Waals surface area contributed by atoms with E-state index in [1.807, 2.05) is 13.8 Å². The number of ether oxygens (including phenoxy) is 2. The van der Waals surface area contributed by atoms with Crippen molar-refractivity contribution in [3.63, 3.8) is 0 Å². The minimum Gasteiger partial charge on any atom is -0.494 e. The quantitative estimate of drug-likeness (QED) is 0.422. The van der Waals surface area contributed by atoms with Gasteiger partial charge in [0, 0.05) is 23.2 Å². The molecule has 0 spiro atoms. The summed E-state index contributed by atoms with van der Waals surface area (Å²) in [6, 6.07) is 12.8. The maximum Gasteiger partial charge on any atom is 0.325 e. The minimum atomic E-state index is -0.726. The SMILES string of the molecule is CCCC(=O)Nc1ccc(C(=O)COC(=O)CNC(=O)c2ccc(OCC)cc2)cc1. The number of carbonyl (C=O) groups excluding carboxylic acids is 4. The van der Waals surface area contributed by atoms with Crippen LogP contribution in [0.4, 0.5) is 5.69 Å². The minimum absolute atomic E-state index is 0.0946. The van der Waals surface area contributed by atoms with Crippen molar-refractivity contribution in [2.24, 2.45) is 0 Å². The molecular weight excluding hydrogens is 400 g/mol. The number of anilines is 1. The molecule has 0 aliphatic carbocycles. The van der Waals surface area contributed by atoms with Crippen LogP contribution in [-0.4, -0.2) is 43.3 Å². The number of amides is 2. The smallest absolute Gasteiger partial charge is 0.325 e. The standard InChI is InChI=1S/C23H26N2O6/c1-3-5-21(27)25-18-10-6-16(7-11-18)20(26)15-31-22(28)14-24-23(29)17-8-12-19(13-9-17)30-4-2/h6-13H,3-5,14-15H2,1-2H3,(H,24,29)(H,25,27). The predicted octanol–water partition coefficient (Wildman–Crippen LogP) is 2.98. The average Bonchev–Trinajstić information content (AvgIpc) is 2.77. The summed E-state index contributed by atoms with van der Waals surface area (Å²) in [5.74, 6) is -1.00. The topological polar surface area (TPSA) is 111 Å². The Morgan fingerprint density at radius 2 is 1.52 bits per heavy atom. The van der Waals surface area contributed by atoms with Crippen LogP contribution in [0.15, 0.2) is 48.5 Å². The van der Waals surface area contributed by atoms with Crippen LogP contribution in [0.2, 0.25) is 0 Å². The van der Waals surface area contributed by atoms with E-state index in [0.717, 1.165) is 6.42 Å². The zero-order chi connectivity index (χ0) is 22.6. The lowest BCUT2D eigenvalue weighted by Crippen LogP contribution is -2.31. The van der Waals surface area contributed by atoms with Crippen LogP contribution < -0.4 is 15.4 Å². The van der Waals surface area contributed by atoms with Gasteiger partial charge in [-0.2, -0.15) is 0 Å². The summed E-state index contributed by atoms with van der Waals surface area (Å²) < 4.78 is 10.2. The highest BCUT2D eigenvalue weighted by Crippen LogP contribution is 2.12. The fourth-order valence-corrected chi connectivity index (χ4v) is 2.59. The van der Waals surface area contributed by atoms with Crippen LogP contribution in [0.1, 0.15) is 47.4 Å². The monoisotopic (exact) mass is 426 g/mol. The molecule has 31 heavy (non-hydrogen) atoms. The first-order valence-corrected chi connectivity index (χ1v) is 10.0. The number of rotatable bonds is 11. The van der Waals surface area contributed by atoms with Gasteiger partial charge in [-0.25, -0.2) is 0 Å². The first kappa shape index (κ1) is 23.6. The molecule has 8 nitrogen and oxygen atoms in total. The summed E-state index contributed by atoms with van der Waals surface area (Å²) in [5.41, 5.74) is 1.31. The second-order valence-corrected chi connectivity index (χ2v) is 6.60. The highest BCUT2D eigenvalue weighted by atomic mass is 16.5. The highest BCUT2D eigenvalue weighted by molar-refractivity contribution is 5.99. The van der Waals surface area contributed by atoms with Crippen molar-refractivity contribution in [3.05, 3.63) is 59.7 Å². The number of benzene rings is 2. The third-order valence-corrected chi connectivity index (χ3v) is 4.15. The average molecular weight is 426 g/mol. The molecule has 2 amide bonds. The van der Waals surface area contributed by atoms with E-state index in [1.165, 1.54) is 0 Å². The van der Waals surface area contributed by atoms with Crippen LogP contribution in [0.3, 0.4) is 0 Å². The van der Waals surface area contributed by atoms with Crippen molar-refractivity contribution in [2.45, 2.75) is 26.7 Å². The molecule has 0 atom stereocenters. The van der Waals surface area contributed by atoms with Crippen molar-refractivity contribution in [1.29, 1.82) is 0 Å². The molecule has 2 aromatic rings. The molecule has 0 saturated carbocycles. The molecule has 2 rings (SSSR count). The zero-order valence-corrected chi connectivity index (χ0v) is 17.6. The van der Waals surface area contributed by atoms with Crippen molar-refractivity contribution in [1.82, 2.24) is 5.32 Å². The van der Waals surface area contributed by atoms with Crippen LogP contribution >= 0.6 is 0 Å². The molecule has 2 aromatic carbocycles. The lowest BCUT2D eigenvalue weighted by atomic mass is 10.1. The Morgan fingerprint density at radius 3 is 2.13 bits per heavy atom. The summed E-state index contributed by atoms with van der Waals surface area (Å²) in [7, 11) is 0. The van der Waals surface area contributed by atoms with E-state index in [0.29, 0.717) is 35.6 Å². The zero-order valence-electron chi connectivity index (χ0n) is 17.6. The Labute approximate surface area is 180 Å². The Hall–Kier alpha value is -3.68. The number of esters is 1. The number of nitrogens with one attached hydrogen (secondary N) is 2. The van der Waals surface area contributed by atoms with Gasteiger partial charge in [0.05, 0.1) is 6.61 Å². The molecule has 164 valence electrons. The van der Waals surface area contributed by atoms with Gasteiger partial charge in [0.1, 0.15) is 12.3 Å². The van der Waals surface area contributed by atoms with Gasteiger partial charge in [0.25, 0.3) is 5.91 Å². The van der Waals surface area contributed by atoms with Crippen molar-refractivity contribution in [3.8, 4) is 5.75 Å². The summed E-state index contributed by atoms with van der Waals surface area (Å²) in [6.45, 7) is 3.49. The largest absolute Gasteiger partial charge is 0.494 e. The molecule has 0 unspecified atom stereocenters. The fraction of sp³-hybridized carbons (Fsp3) is 0.304. The Balaban J connectivity index is 1.75. The molecule has 2 N–H and O–H groups in total. The second kappa shape index (κ2) is 12.1. The molecule has 8 heteroatoms. The summed E-state index contributed by atoms with van der Waals surface area (Å²) in [4.78, 5) is 47.7. The maximum atomic E-state index is 12.2. The van der Waals surface area contributed by atoms with E-state index < -0.39 is 24.3 Å². The van der Waals surface area contributed by atoms with Crippen LogP contribution in [0, 0.1) is 0 Å². The molecule has 0 aromatic heterocycles. The summed E-state index contributed by atoms with van der Waals surface area (Å²) >= 11 is 0. The Bertz CT molecular complexity index is 907. The van der Waals surface area contributed by atoms with E-state index in [2.05, 4.69) is 10.6 Å². The third kappa shape index (κ3) is 7.93. The van der Waals surface area contributed by atoms with Crippen molar-refractivity contribution >= 4 is 29.3 Å². The van der Waals surface area contributed by atoms with E-state index >= 15 is 0 Å². The molecule has 0 fully saturated rings. The molecular formula is C23H26N2O6. The van der Waals surface area contributed by atoms with E-state index in [9.17, 15) is 19.2 Å². The van der Waals surface area contributed by atoms with Gasteiger partial charge in [-0.3, -0.25) is 19.2 Å². The van der Waals surface area contributed by atoms with Gasteiger partial charge in [-0.15, -0.1) is 0 Å².